The summed E-state index contributed by atoms with van der Waals surface area (Å²) in [6.07, 6.45) is 1.96. The molecule has 1 aliphatic heterocycles. The molecule has 1 aliphatic rings. The third-order valence-electron chi connectivity index (χ3n) is 2.95. The van der Waals surface area contributed by atoms with Crippen molar-refractivity contribution < 1.29 is 18.0 Å². The van der Waals surface area contributed by atoms with Gasteiger partial charge in [0.05, 0.1) is 5.56 Å². The molecule has 1 saturated heterocycles. The summed E-state index contributed by atoms with van der Waals surface area (Å²) in [6.45, 7) is 1.23. The molecule has 1 aromatic rings. The van der Waals surface area contributed by atoms with Gasteiger partial charge >= 0.3 is 0 Å². The summed E-state index contributed by atoms with van der Waals surface area (Å²) in [5.41, 5.74) is -0.480. The topological polar surface area (TPSA) is 41.1 Å². The second-order valence-corrected chi connectivity index (χ2v) is 4.23. The number of carbonyl (C=O) groups excluding carboxylic acids is 1. The highest BCUT2D eigenvalue weighted by Gasteiger charge is 2.20. The quantitative estimate of drug-likeness (QED) is 0.837. The minimum absolute atomic E-state index is 0. The Kier molecular flexibility index (Phi) is 5.62. The van der Waals surface area contributed by atoms with E-state index < -0.39 is 28.9 Å². The number of amides is 1. The molecular formula is C12H14ClF3N2O. The molecule has 2 N–H and O–H groups in total. The van der Waals surface area contributed by atoms with Gasteiger partial charge in [-0.2, -0.15) is 0 Å². The van der Waals surface area contributed by atoms with Gasteiger partial charge in [0.1, 0.15) is 0 Å². The van der Waals surface area contributed by atoms with Gasteiger partial charge in [-0.05, 0) is 31.5 Å². The molecule has 0 spiro atoms. The summed E-state index contributed by atoms with van der Waals surface area (Å²) in [4.78, 5) is 11.6. The van der Waals surface area contributed by atoms with Gasteiger partial charge in [-0.25, -0.2) is 13.2 Å². The van der Waals surface area contributed by atoms with Crippen LogP contribution in [0, 0.1) is 17.5 Å². The SMILES string of the molecule is Cl.O=C(NCC1CCCN1)c1ccc(F)c(F)c1F. The molecule has 1 aromatic carbocycles. The van der Waals surface area contributed by atoms with Gasteiger partial charge in [0.2, 0.25) is 0 Å². The van der Waals surface area contributed by atoms with E-state index in [0.29, 0.717) is 6.54 Å². The molecule has 0 saturated carbocycles. The molecule has 0 bridgehead atoms. The Morgan fingerprint density at radius 1 is 1.32 bits per heavy atom. The van der Waals surface area contributed by atoms with E-state index in [-0.39, 0.29) is 18.4 Å². The summed E-state index contributed by atoms with van der Waals surface area (Å²) >= 11 is 0. The number of nitrogens with one attached hydrogen (secondary N) is 2. The smallest absolute Gasteiger partial charge is 0.254 e. The Hall–Kier alpha value is -1.27. The zero-order valence-electron chi connectivity index (χ0n) is 10.0. The van der Waals surface area contributed by atoms with Crippen molar-refractivity contribution in [3.05, 3.63) is 35.1 Å². The predicted octanol–water partition coefficient (Wildman–Crippen LogP) is 2.01. The zero-order chi connectivity index (χ0) is 13.1. The van der Waals surface area contributed by atoms with Crippen LogP contribution >= 0.6 is 12.4 Å². The molecule has 1 unspecified atom stereocenters. The van der Waals surface area contributed by atoms with Crippen LogP contribution in [0.3, 0.4) is 0 Å². The van der Waals surface area contributed by atoms with Crippen molar-refractivity contribution in [3.63, 3.8) is 0 Å². The average Bonchev–Trinajstić information content (AvgIpc) is 2.86. The van der Waals surface area contributed by atoms with Crippen molar-refractivity contribution in [3.8, 4) is 0 Å². The van der Waals surface area contributed by atoms with Crippen molar-refractivity contribution in [2.45, 2.75) is 18.9 Å². The van der Waals surface area contributed by atoms with E-state index in [2.05, 4.69) is 10.6 Å². The van der Waals surface area contributed by atoms with Gasteiger partial charge in [0, 0.05) is 12.6 Å². The van der Waals surface area contributed by atoms with E-state index in [0.717, 1.165) is 31.5 Å². The maximum Gasteiger partial charge on any atom is 0.254 e. The van der Waals surface area contributed by atoms with Gasteiger partial charge in [-0.3, -0.25) is 4.79 Å². The largest absolute Gasteiger partial charge is 0.350 e. The molecule has 7 heteroatoms. The summed E-state index contributed by atoms with van der Waals surface area (Å²) in [5, 5.41) is 5.65. The Labute approximate surface area is 115 Å². The molecule has 0 aromatic heterocycles. The van der Waals surface area contributed by atoms with E-state index in [4.69, 9.17) is 0 Å². The van der Waals surface area contributed by atoms with E-state index >= 15 is 0 Å². The van der Waals surface area contributed by atoms with Gasteiger partial charge in [0.25, 0.3) is 5.91 Å². The fourth-order valence-electron chi connectivity index (χ4n) is 1.94. The number of hydrogen-bond acceptors (Lipinski definition) is 2. The van der Waals surface area contributed by atoms with Crippen molar-refractivity contribution in [1.82, 2.24) is 10.6 Å². The Bertz CT molecular complexity index is 465. The van der Waals surface area contributed by atoms with Gasteiger partial charge in [-0.15, -0.1) is 12.4 Å². The Morgan fingerprint density at radius 2 is 2.05 bits per heavy atom. The Balaban J connectivity index is 0.00000180. The first-order valence-electron chi connectivity index (χ1n) is 5.74. The lowest BCUT2D eigenvalue weighted by Crippen LogP contribution is -2.37. The Morgan fingerprint density at radius 3 is 2.68 bits per heavy atom. The van der Waals surface area contributed by atoms with E-state index in [1.54, 1.807) is 0 Å². The highest BCUT2D eigenvalue weighted by molar-refractivity contribution is 5.94. The third-order valence-corrected chi connectivity index (χ3v) is 2.95. The van der Waals surface area contributed by atoms with Crippen LogP contribution in [0.1, 0.15) is 23.2 Å². The standard InChI is InChI=1S/C12H13F3N2O.ClH/c13-9-4-3-8(10(14)11(9)15)12(18)17-6-7-2-1-5-16-7;/h3-4,7,16H,1-2,5-6H2,(H,17,18);1H. The van der Waals surface area contributed by atoms with Crippen LogP contribution in [-0.4, -0.2) is 25.0 Å². The van der Waals surface area contributed by atoms with Crippen molar-refractivity contribution in [1.29, 1.82) is 0 Å². The van der Waals surface area contributed by atoms with E-state index in [1.807, 2.05) is 0 Å². The maximum atomic E-state index is 13.3. The van der Waals surface area contributed by atoms with Crippen LogP contribution in [0.4, 0.5) is 13.2 Å². The first-order valence-corrected chi connectivity index (χ1v) is 5.74. The lowest BCUT2D eigenvalue weighted by atomic mass is 10.1. The molecule has 106 valence electrons. The summed E-state index contributed by atoms with van der Waals surface area (Å²) in [5.74, 6) is -5.12. The normalized spacial score (nSPS) is 17.9. The number of rotatable bonds is 3. The minimum Gasteiger partial charge on any atom is -0.350 e. The average molecular weight is 295 g/mol. The minimum atomic E-state index is -1.62. The lowest BCUT2D eigenvalue weighted by Gasteiger charge is -2.12. The summed E-state index contributed by atoms with van der Waals surface area (Å²) in [6, 6.07) is 1.83. The number of hydrogen-bond donors (Lipinski definition) is 2. The van der Waals surface area contributed by atoms with Crippen LogP contribution in [0.5, 0.6) is 0 Å². The zero-order valence-corrected chi connectivity index (χ0v) is 10.8. The molecule has 3 nitrogen and oxygen atoms in total. The number of halogens is 4. The van der Waals surface area contributed by atoms with Gasteiger partial charge in [-0.1, -0.05) is 0 Å². The molecule has 2 rings (SSSR count). The summed E-state index contributed by atoms with van der Waals surface area (Å²) in [7, 11) is 0. The number of benzene rings is 1. The van der Waals surface area contributed by atoms with Crippen LogP contribution in [0.25, 0.3) is 0 Å². The van der Waals surface area contributed by atoms with E-state index in [1.165, 1.54) is 0 Å². The number of carbonyl (C=O) groups is 1. The monoisotopic (exact) mass is 294 g/mol. The molecule has 1 heterocycles. The molecule has 1 fully saturated rings. The van der Waals surface area contributed by atoms with E-state index in [9.17, 15) is 18.0 Å². The molecule has 0 aliphatic carbocycles. The van der Waals surface area contributed by atoms with Crippen LogP contribution in [0.2, 0.25) is 0 Å². The fourth-order valence-corrected chi connectivity index (χ4v) is 1.94. The lowest BCUT2D eigenvalue weighted by molar-refractivity contribution is 0.0945. The molecular weight excluding hydrogens is 281 g/mol. The van der Waals surface area contributed by atoms with Crippen LogP contribution in [-0.2, 0) is 0 Å². The van der Waals surface area contributed by atoms with Crippen molar-refractivity contribution in [2.24, 2.45) is 0 Å². The molecule has 19 heavy (non-hydrogen) atoms. The maximum absolute atomic E-state index is 13.3. The van der Waals surface area contributed by atoms with Gasteiger partial charge < -0.3 is 10.6 Å². The molecule has 1 amide bonds. The highest BCUT2D eigenvalue weighted by Crippen LogP contribution is 2.15. The van der Waals surface area contributed by atoms with Crippen molar-refractivity contribution >= 4 is 18.3 Å². The first-order chi connectivity index (χ1) is 8.59. The second-order valence-electron chi connectivity index (χ2n) is 4.23. The second kappa shape index (κ2) is 6.77. The predicted molar refractivity (Wildman–Crippen MR) is 66.9 cm³/mol. The van der Waals surface area contributed by atoms with Gasteiger partial charge in [0.15, 0.2) is 17.5 Å². The third kappa shape index (κ3) is 3.61. The van der Waals surface area contributed by atoms with Crippen LogP contribution < -0.4 is 10.6 Å². The molecule has 1 atom stereocenters. The van der Waals surface area contributed by atoms with Crippen molar-refractivity contribution in [2.75, 3.05) is 13.1 Å². The highest BCUT2D eigenvalue weighted by atomic mass is 35.5. The first kappa shape index (κ1) is 15.8. The fraction of sp³-hybridized carbons (Fsp3) is 0.417. The summed E-state index contributed by atoms with van der Waals surface area (Å²) < 4.78 is 39.0. The van der Waals surface area contributed by atoms with Crippen LogP contribution in [0.15, 0.2) is 12.1 Å². The molecule has 0 radical (unpaired) electrons.